The molecule has 4 nitrogen and oxygen atoms in total. The number of aliphatic hydroxyl groups excluding tert-OH is 2. The standard InChI is InChI=1S/C45H63NO3/c1-43(49)37-18-19-38-35(26-41-44-22-8-23-45(38,41)27-40(48)39(44)25-34(47)21-24-44)36(37)29-46-28-31(15-20-42(43)46)14-17-33(32-11-6-3-7-12-32)16-13-30-9-4-2-5-10-30/h2-7,9-12,31,33-42,47-49H,8,13-29H2,1H3/t31-,33-,34-,35+,36-,37+,38-,39+,40-,41-,42-,43+,44+,45+/m0/s1. The summed E-state index contributed by atoms with van der Waals surface area (Å²) < 4.78 is 0. The van der Waals surface area contributed by atoms with E-state index in [0.29, 0.717) is 58.8 Å². The van der Waals surface area contributed by atoms with Gasteiger partial charge in [-0.1, -0.05) is 67.1 Å². The molecule has 0 amide bonds. The van der Waals surface area contributed by atoms with Crippen LogP contribution in [-0.2, 0) is 6.42 Å². The van der Waals surface area contributed by atoms with E-state index in [-0.39, 0.29) is 17.6 Å². The molecule has 3 N–H and O–H groups in total. The first kappa shape index (κ1) is 33.1. The molecular weight excluding hydrogens is 602 g/mol. The fourth-order valence-electron chi connectivity index (χ4n) is 15.1. The average molecular weight is 666 g/mol. The third kappa shape index (κ3) is 5.43. The van der Waals surface area contributed by atoms with Crippen molar-refractivity contribution in [2.24, 2.45) is 52.3 Å². The number of benzene rings is 2. The monoisotopic (exact) mass is 665 g/mol. The van der Waals surface area contributed by atoms with E-state index in [1.807, 2.05) is 0 Å². The molecule has 14 atom stereocenters. The Morgan fingerprint density at radius 2 is 1.51 bits per heavy atom. The summed E-state index contributed by atoms with van der Waals surface area (Å²) in [5, 5.41) is 35.0. The molecule has 9 rings (SSSR count). The van der Waals surface area contributed by atoms with E-state index in [4.69, 9.17) is 0 Å². The third-order valence-electron chi connectivity index (χ3n) is 17.0. The van der Waals surface area contributed by atoms with Crippen LogP contribution in [0.1, 0.15) is 120 Å². The highest BCUT2D eigenvalue weighted by molar-refractivity contribution is 5.23. The average Bonchev–Trinajstić information content (AvgIpc) is 3.46. The number of nitrogens with zero attached hydrogens (tertiary/aromatic N) is 1. The quantitative estimate of drug-likeness (QED) is 0.278. The number of aryl methyl sites for hydroxylation is 1. The zero-order chi connectivity index (χ0) is 33.4. The van der Waals surface area contributed by atoms with Crippen molar-refractivity contribution in [2.75, 3.05) is 13.1 Å². The van der Waals surface area contributed by atoms with Crippen LogP contribution < -0.4 is 0 Å². The largest absolute Gasteiger partial charge is 0.393 e. The summed E-state index contributed by atoms with van der Waals surface area (Å²) in [6.07, 6.45) is 18.3. The molecule has 2 aromatic carbocycles. The van der Waals surface area contributed by atoms with E-state index in [9.17, 15) is 15.3 Å². The van der Waals surface area contributed by atoms with Gasteiger partial charge in [-0.25, -0.2) is 0 Å². The Kier molecular flexibility index (Phi) is 8.62. The molecule has 7 fully saturated rings. The lowest BCUT2D eigenvalue weighted by molar-refractivity contribution is -0.205. The molecule has 0 radical (unpaired) electrons. The van der Waals surface area contributed by atoms with Gasteiger partial charge in [0.25, 0.3) is 0 Å². The highest BCUT2D eigenvalue weighted by Gasteiger charge is 2.71. The van der Waals surface area contributed by atoms with Crippen molar-refractivity contribution in [3.8, 4) is 0 Å². The van der Waals surface area contributed by atoms with Crippen molar-refractivity contribution in [1.29, 1.82) is 0 Å². The second-order valence-corrected chi connectivity index (χ2v) is 18.9. The lowest BCUT2D eigenvalue weighted by Gasteiger charge is -2.65. The van der Waals surface area contributed by atoms with Crippen LogP contribution in [0.3, 0.4) is 0 Å². The minimum Gasteiger partial charge on any atom is -0.393 e. The lowest BCUT2D eigenvalue weighted by atomic mass is 9.40. The fraction of sp³-hybridized carbons (Fsp3) is 0.733. The molecule has 0 unspecified atom stereocenters. The number of rotatable bonds is 7. The summed E-state index contributed by atoms with van der Waals surface area (Å²) in [6, 6.07) is 22.6. The first-order valence-corrected chi connectivity index (χ1v) is 20.7. The van der Waals surface area contributed by atoms with Crippen molar-refractivity contribution in [3.05, 3.63) is 71.8 Å². The number of fused-ring (bicyclic) bond motifs is 4. The normalized spacial score (nSPS) is 46.4. The zero-order valence-corrected chi connectivity index (χ0v) is 30.1. The predicted octanol–water partition coefficient (Wildman–Crippen LogP) is 8.39. The Labute approximate surface area is 296 Å². The summed E-state index contributed by atoms with van der Waals surface area (Å²) >= 11 is 0. The van der Waals surface area contributed by atoms with Gasteiger partial charge in [0.1, 0.15) is 0 Å². The Morgan fingerprint density at radius 1 is 0.755 bits per heavy atom. The van der Waals surface area contributed by atoms with Crippen molar-refractivity contribution in [2.45, 2.75) is 139 Å². The van der Waals surface area contributed by atoms with Crippen LogP contribution >= 0.6 is 0 Å². The van der Waals surface area contributed by atoms with Gasteiger partial charge in [0.15, 0.2) is 0 Å². The molecule has 2 aliphatic heterocycles. The first-order valence-electron chi connectivity index (χ1n) is 20.7. The van der Waals surface area contributed by atoms with Crippen LogP contribution in [0.25, 0.3) is 0 Å². The van der Waals surface area contributed by atoms with Gasteiger partial charge in [-0.15, -0.1) is 0 Å². The van der Waals surface area contributed by atoms with Crippen LogP contribution in [0, 0.1) is 52.3 Å². The smallest absolute Gasteiger partial charge is 0.0805 e. The molecule has 2 saturated heterocycles. The lowest BCUT2D eigenvalue weighted by Crippen LogP contribution is -2.67. The van der Waals surface area contributed by atoms with E-state index >= 15 is 0 Å². The van der Waals surface area contributed by atoms with E-state index in [1.54, 1.807) is 0 Å². The van der Waals surface area contributed by atoms with Gasteiger partial charge in [0, 0.05) is 19.1 Å². The predicted molar refractivity (Wildman–Crippen MR) is 196 cm³/mol. The van der Waals surface area contributed by atoms with Crippen LogP contribution in [0.2, 0.25) is 0 Å². The fourth-order valence-corrected chi connectivity index (χ4v) is 15.1. The minimum atomic E-state index is -0.614. The molecule has 1 spiro atoms. The molecule has 5 saturated carbocycles. The highest BCUT2D eigenvalue weighted by atomic mass is 16.3. The highest BCUT2D eigenvalue weighted by Crippen LogP contribution is 2.76. The Morgan fingerprint density at radius 3 is 2.33 bits per heavy atom. The zero-order valence-electron chi connectivity index (χ0n) is 30.1. The van der Waals surface area contributed by atoms with Gasteiger partial charge in [-0.3, -0.25) is 4.90 Å². The second-order valence-electron chi connectivity index (χ2n) is 18.9. The van der Waals surface area contributed by atoms with Crippen molar-refractivity contribution < 1.29 is 15.3 Å². The molecule has 2 heterocycles. The van der Waals surface area contributed by atoms with Gasteiger partial charge in [-0.05, 0) is 173 Å². The maximum Gasteiger partial charge on any atom is 0.0805 e. The van der Waals surface area contributed by atoms with Crippen molar-refractivity contribution in [1.82, 2.24) is 4.90 Å². The van der Waals surface area contributed by atoms with Crippen LogP contribution in [0.4, 0.5) is 0 Å². The molecule has 0 aromatic heterocycles. The Bertz CT molecular complexity index is 1450. The van der Waals surface area contributed by atoms with E-state index < -0.39 is 5.60 Å². The summed E-state index contributed by atoms with van der Waals surface area (Å²) in [5.41, 5.74) is 2.87. The van der Waals surface area contributed by atoms with E-state index in [0.717, 1.165) is 45.1 Å². The number of hydrogen-bond acceptors (Lipinski definition) is 4. The van der Waals surface area contributed by atoms with Crippen LogP contribution in [-0.4, -0.2) is 57.2 Å². The van der Waals surface area contributed by atoms with Crippen molar-refractivity contribution in [3.63, 3.8) is 0 Å². The number of hydrogen-bond donors (Lipinski definition) is 3. The van der Waals surface area contributed by atoms with Gasteiger partial charge < -0.3 is 15.3 Å². The summed E-state index contributed by atoms with van der Waals surface area (Å²) in [7, 11) is 0. The van der Waals surface area contributed by atoms with Crippen LogP contribution in [0.15, 0.2) is 60.7 Å². The third-order valence-corrected chi connectivity index (χ3v) is 17.0. The van der Waals surface area contributed by atoms with E-state index in [2.05, 4.69) is 72.5 Å². The maximum atomic E-state index is 12.5. The molecule has 2 aromatic rings. The molecule has 49 heavy (non-hydrogen) atoms. The van der Waals surface area contributed by atoms with Gasteiger partial charge >= 0.3 is 0 Å². The molecule has 4 heteroatoms. The topological polar surface area (TPSA) is 63.9 Å². The molecule has 266 valence electrons. The van der Waals surface area contributed by atoms with Gasteiger partial charge in [0.05, 0.1) is 17.8 Å². The Balaban J connectivity index is 0.921. The molecule has 5 aliphatic carbocycles. The summed E-state index contributed by atoms with van der Waals surface area (Å²) in [4.78, 5) is 2.80. The Hall–Kier alpha value is -1.72. The second kappa shape index (κ2) is 12.7. The summed E-state index contributed by atoms with van der Waals surface area (Å²) in [6.45, 7) is 4.56. The molecule has 7 aliphatic rings. The minimum absolute atomic E-state index is 0.225. The number of piperidine rings is 2. The maximum absolute atomic E-state index is 12.5. The van der Waals surface area contributed by atoms with E-state index in [1.165, 1.54) is 81.9 Å². The SMILES string of the molecule is C[C@@]1(O)[C@@H]2CC[C@H]3[C@H](C[C@H]4[C@@]56CCC[C@]43C[C@H](O)[C@H]5C[C@@H](O)CC6)[C@@H]2CN2C[C@@H](CC[C@H](CCc3ccccc3)c3ccccc3)CC[C@H]21. The first-order chi connectivity index (χ1) is 23.8. The summed E-state index contributed by atoms with van der Waals surface area (Å²) in [5.74, 6) is 4.69. The van der Waals surface area contributed by atoms with Crippen LogP contribution in [0.5, 0.6) is 0 Å². The van der Waals surface area contributed by atoms with Gasteiger partial charge in [0.2, 0.25) is 0 Å². The number of aliphatic hydroxyl groups is 3. The molecular formula is C45H63NO3. The molecule has 2 bridgehead atoms. The van der Waals surface area contributed by atoms with Gasteiger partial charge in [-0.2, -0.15) is 0 Å². The van der Waals surface area contributed by atoms with Crippen molar-refractivity contribution >= 4 is 0 Å².